The Morgan fingerprint density at radius 3 is 1.26 bits per heavy atom. The molecule has 1 aromatic rings. The Labute approximate surface area is 543 Å². The van der Waals surface area contributed by atoms with E-state index in [1.165, 1.54) is 25.7 Å². The Bertz CT molecular complexity index is 2440. The summed E-state index contributed by atoms with van der Waals surface area (Å²) >= 11 is 0. The third-order valence-corrected chi connectivity index (χ3v) is 16.1. The third kappa shape index (κ3) is 26.3. The molecule has 1 aromatic carbocycles. The molecule has 1 saturated carbocycles. The molecule has 7 amide bonds. The summed E-state index contributed by atoms with van der Waals surface area (Å²) < 4.78 is 66.9. The summed E-state index contributed by atoms with van der Waals surface area (Å²) in [5.41, 5.74) is 1.27. The summed E-state index contributed by atoms with van der Waals surface area (Å²) in [7, 11) is -2.76. The van der Waals surface area contributed by atoms with Crippen molar-refractivity contribution in [3.8, 4) is 0 Å². The van der Waals surface area contributed by atoms with Crippen LogP contribution in [0.3, 0.4) is 0 Å². The third-order valence-electron chi connectivity index (χ3n) is 15.6. The minimum absolute atomic E-state index is 0.0799. The van der Waals surface area contributed by atoms with Crippen molar-refractivity contribution in [2.24, 2.45) is 5.92 Å². The van der Waals surface area contributed by atoms with Crippen LogP contribution >= 0.6 is 8.25 Å². The van der Waals surface area contributed by atoms with E-state index in [1.807, 2.05) is 0 Å². The number of amides is 7. The van der Waals surface area contributed by atoms with Crippen LogP contribution < -0.4 is 37.2 Å². The van der Waals surface area contributed by atoms with Crippen LogP contribution in [0.15, 0.2) is 24.3 Å². The van der Waals surface area contributed by atoms with Crippen molar-refractivity contribution in [2.75, 3.05) is 112 Å². The van der Waals surface area contributed by atoms with Crippen molar-refractivity contribution < 1.29 is 136 Å². The Morgan fingerprint density at radius 1 is 0.521 bits per heavy atom. The van der Waals surface area contributed by atoms with Gasteiger partial charge < -0.3 is 126 Å². The number of ether oxygens (including phenoxy) is 9. The Hall–Kier alpha value is -5.23. The number of rotatable bonds is 40. The van der Waals surface area contributed by atoms with Crippen molar-refractivity contribution in [1.29, 1.82) is 0 Å². The lowest BCUT2D eigenvalue weighted by Gasteiger charge is -2.42. The van der Waals surface area contributed by atoms with Gasteiger partial charge in [0.2, 0.25) is 41.4 Å². The van der Waals surface area contributed by atoms with Gasteiger partial charge in [-0.25, -0.2) is 0 Å². The van der Waals surface area contributed by atoms with Gasteiger partial charge in [0.05, 0.1) is 98.4 Å². The van der Waals surface area contributed by atoms with E-state index in [1.54, 1.807) is 24.3 Å². The zero-order chi connectivity index (χ0) is 68.9. The van der Waals surface area contributed by atoms with Crippen LogP contribution in [0.2, 0.25) is 0 Å². The number of carbonyl (C=O) groups is 7. The maximum atomic E-state index is 14.5. The number of nitrogens with one attached hydrogen (secondary N) is 7. The highest BCUT2D eigenvalue weighted by Gasteiger charge is 2.48. The predicted molar refractivity (Wildman–Crippen MR) is 319 cm³/mol. The molecule has 0 aromatic heterocycles. The van der Waals surface area contributed by atoms with Crippen LogP contribution in [0, 0.1) is 5.92 Å². The topological polar surface area (TPSA) is 519 Å². The number of nitrogens with zero attached hydrogens (tertiary/aromatic N) is 1. The summed E-state index contributed by atoms with van der Waals surface area (Å²) in [6, 6.07) is 2.09. The summed E-state index contributed by atoms with van der Waals surface area (Å²) in [5, 5.41) is 110. The van der Waals surface area contributed by atoms with E-state index in [0.29, 0.717) is 36.8 Å². The van der Waals surface area contributed by atoms with Crippen molar-refractivity contribution in [2.45, 2.75) is 163 Å². The lowest BCUT2D eigenvalue weighted by atomic mass is 9.87. The van der Waals surface area contributed by atoms with Gasteiger partial charge in [-0.1, -0.05) is 24.3 Å². The molecule has 17 atom stereocenters. The molecule has 0 spiro atoms. The normalized spacial score (nSPS) is 29.1. The van der Waals surface area contributed by atoms with Gasteiger partial charge in [-0.05, 0) is 43.2 Å². The molecule has 3 aliphatic heterocycles. The highest BCUT2D eigenvalue weighted by atomic mass is 31.1. The molecule has 1 aliphatic carbocycles. The van der Waals surface area contributed by atoms with Gasteiger partial charge in [-0.2, -0.15) is 0 Å². The molecule has 4 fully saturated rings. The molecule has 3 saturated heterocycles. The van der Waals surface area contributed by atoms with Gasteiger partial charge in [0.25, 0.3) is 0 Å². The number of aliphatic hydroxyl groups is 9. The summed E-state index contributed by atoms with van der Waals surface area (Å²) in [6.45, 7) is -0.620. The quantitative estimate of drug-likeness (QED) is 0.0214. The second-order valence-corrected chi connectivity index (χ2v) is 23.4. The van der Waals surface area contributed by atoms with E-state index in [2.05, 4.69) is 37.2 Å². The summed E-state index contributed by atoms with van der Waals surface area (Å²) in [6.07, 6.45) is -15.4. The van der Waals surface area contributed by atoms with Crippen LogP contribution in [0.1, 0.15) is 57.6 Å². The fraction of sp³-hybridized carbons (Fsp3) is 0.772. The molecule has 3 heterocycles. The smallest absolute Gasteiger partial charge is 0.394 e. The van der Waals surface area contributed by atoms with Gasteiger partial charge in [-0.15, -0.1) is 9.42 Å². The zero-order valence-corrected chi connectivity index (χ0v) is 53.6. The molecule has 5 rings (SSSR count). The van der Waals surface area contributed by atoms with Crippen molar-refractivity contribution in [1.82, 2.24) is 42.1 Å². The zero-order valence-electron chi connectivity index (χ0n) is 52.7. The first-order valence-corrected chi connectivity index (χ1v) is 32.1. The van der Waals surface area contributed by atoms with Crippen LogP contribution in [0.5, 0.6) is 0 Å². The number of carbonyl (C=O) groups excluding carboxylic acids is 7. The van der Waals surface area contributed by atoms with Gasteiger partial charge >= 0.3 is 8.25 Å². The van der Waals surface area contributed by atoms with Gasteiger partial charge in [0.1, 0.15) is 79.2 Å². The molecular formula is C57H94N8O28P+. The minimum Gasteiger partial charge on any atom is -0.394 e. The second-order valence-electron chi connectivity index (χ2n) is 22.7. The molecule has 37 heteroatoms. The van der Waals surface area contributed by atoms with Crippen molar-refractivity contribution >= 4 is 49.6 Å². The molecule has 17 N–H and O–H groups in total. The van der Waals surface area contributed by atoms with E-state index < -0.39 is 181 Å². The van der Waals surface area contributed by atoms with Gasteiger partial charge in [0.15, 0.2) is 18.9 Å². The standard InChI is InChI=1S/C57H93N8O28P/c1-31(69)62-44-50(77)47(74)39(28-66)90-55(44)87-21-18-84-15-12-58-42(72)26-65(27-43(73)59-13-16-85-19-22-88-56-45(63-32(2)70)51(78)48(75)40(29-67)91-56)38(24-34-4-6-35(7-5-34)25-61-53(80)36-8-10-37(11-9-36)93-94(82)83)54(81)60-14-17-86-20-23-89-57-46(64-33(3)71)52(79)49(76)41(30-68)92-57/h4-7,36-41,44-52,55-57,66-68,74-79H,8-30H2,1-3H3,(H7-,58,59,60,61,62,63,64,69,70,71,72,73,80,81,82,83)/p+1. The molecule has 534 valence electrons. The highest BCUT2D eigenvalue weighted by molar-refractivity contribution is 7.32. The number of aliphatic hydroxyl groups excluding tert-OH is 9. The fourth-order valence-electron chi connectivity index (χ4n) is 10.8. The Morgan fingerprint density at radius 2 is 0.894 bits per heavy atom. The predicted octanol–water partition coefficient (Wildman–Crippen LogP) is -7.98. The lowest BCUT2D eigenvalue weighted by molar-refractivity contribution is -0.272. The Kier molecular flexibility index (Phi) is 35.3. The molecule has 4 aliphatic rings. The number of benzene rings is 1. The second kappa shape index (κ2) is 41.8. The van der Waals surface area contributed by atoms with Crippen molar-refractivity contribution in [3.05, 3.63) is 35.4 Å². The SMILES string of the molecule is CC(=O)NC1C(OCCOCCNC(=O)CN(CC(=O)NCCOCCOC2OC(CO)C(O)C(O)C2NC(C)=O)C(Cc2ccc(CNC(=O)C3CCC(O[P+](=O)O)CC3)cc2)C(=O)NCCOCCOC2OC(CO)C(O)C(O)C2NC(C)=O)OC(CO)C(O)C1O. The van der Waals surface area contributed by atoms with Crippen LogP contribution in [0.25, 0.3) is 0 Å². The summed E-state index contributed by atoms with van der Waals surface area (Å²) in [5.74, 6) is -4.10. The maximum absolute atomic E-state index is 14.5. The van der Waals surface area contributed by atoms with E-state index >= 15 is 0 Å². The first kappa shape index (κ1) is 79.5. The number of hydrogen-bond donors (Lipinski definition) is 17. The Balaban J connectivity index is 1.25. The maximum Gasteiger partial charge on any atom is 0.694 e. The lowest BCUT2D eigenvalue weighted by Crippen LogP contribution is -2.64. The van der Waals surface area contributed by atoms with Crippen LogP contribution in [-0.2, 0) is 98.2 Å². The highest BCUT2D eigenvalue weighted by Crippen LogP contribution is 2.32. The molecule has 0 bridgehead atoms. The first-order valence-electron chi connectivity index (χ1n) is 30.9. The summed E-state index contributed by atoms with van der Waals surface area (Å²) in [4.78, 5) is 101. The van der Waals surface area contributed by atoms with Crippen LogP contribution in [-0.4, -0.2) is 313 Å². The van der Waals surface area contributed by atoms with E-state index in [-0.39, 0.29) is 104 Å². The molecule has 17 unspecified atom stereocenters. The fourth-order valence-corrected chi connectivity index (χ4v) is 11.2. The van der Waals surface area contributed by atoms with Crippen molar-refractivity contribution in [3.63, 3.8) is 0 Å². The van der Waals surface area contributed by atoms with E-state index in [0.717, 1.165) is 0 Å². The molecule has 0 radical (unpaired) electrons. The molecule has 36 nitrogen and oxygen atoms in total. The van der Waals surface area contributed by atoms with Crippen LogP contribution in [0.4, 0.5) is 0 Å². The van der Waals surface area contributed by atoms with Gasteiger partial charge in [0, 0.05) is 57.4 Å². The largest absolute Gasteiger partial charge is 0.694 e. The monoisotopic (exact) mass is 1370 g/mol. The van der Waals surface area contributed by atoms with Gasteiger partial charge in [-0.3, -0.25) is 38.5 Å². The van der Waals surface area contributed by atoms with E-state index in [4.69, 9.17) is 52.0 Å². The first-order chi connectivity index (χ1) is 44.9. The molecule has 94 heavy (non-hydrogen) atoms. The average molecular weight is 1370 g/mol. The number of hydrogen-bond acceptors (Lipinski definition) is 28. The van der Waals surface area contributed by atoms with E-state index in [9.17, 15) is 84.1 Å². The average Bonchev–Trinajstić information content (AvgIpc) is 0.831. The minimum atomic E-state index is -2.76. The molecular weight excluding hydrogens is 1280 g/mol.